The van der Waals surface area contributed by atoms with Crippen molar-refractivity contribution in [3.8, 4) is 11.4 Å². The minimum atomic E-state index is -0.492. The van der Waals surface area contributed by atoms with Crippen LogP contribution in [0.1, 0.15) is 5.89 Å². The van der Waals surface area contributed by atoms with Crippen LogP contribution in [-0.2, 0) is 16.0 Å². The monoisotopic (exact) mass is 236 g/mol. The fraction of sp³-hybridized carbons (Fsp3) is 0.182. The van der Waals surface area contributed by atoms with E-state index < -0.39 is 11.8 Å². The summed E-state index contributed by atoms with van der Waals surface area (Å²) in [5, 5.41) is 3.60. The smallest absolute Gasteiger partial charge is 0.315 e. The molecule has 0 aliphatic carbocycles. The van der Waals surface area contributed by atoms with Gasteiger partial charge >= 0.3 is 5.97 Å². The summed E-state index contributed by atoms with van der Waals surface area (Å²) in [5.74, 6) is -0.733. The van der Waals surface area contributed by atoms with E-state index >= 15 is 0 Å². The van der Waals surface area contributed by atoms with Gasteiger partial charge in [-0.25, -0.2) is 4.39 Å². The maximum atomic E-state index is 13.4. The van der Waals surface area contributed by atoms with Crippen LogP contribution in [0.2, 0.25) is 0 Å². The minimum Gasteiger partial charge on any atom is -0.469 e. The molecule has 0 spiro atoms. The molecule has 2 rings (SSSR count). The summed E-state index contributed by atoms with van der Waals surface area (Å²) in [4.78, 5) is 14.9. The highest BCUT2D eigenvalue weighted by molar-refractivity contribution is 5.71. The van der Waals surface area contributed by atoms with E-state index in [0.29, 0.717) is 0 Å². The highest BCUT2D eigenvalue weighted by Gasteiger charge is 2.14. The minimum absolute atomic E-state index is 0.0927. The van der Waals surface area contributed by atoms with Crippen molar-refractivity contribution in [2.45, 2.75) is 6.42 Å². The molecule has 0 aliphatic heterocycles. The first-order valence-corrected chi connectivity index (χ1v) is 4.85. The summed E-state index contributed by atoms with van der Waals surface area (Å²) in [6.07, 6.45) is -0.127. The van der Waals surface area contributed by atoms with Gasteiger partial charge in [0.05, 0.1) is 12.7 Å². The Morgan fingerprint density at radius 1 is 1.47 bits per heavy atom. The van der Waals surface area contributed by atoms with Gasteiger partial charge in [-0.2, -0.15) is 4.98 Å². The highest BCUT2D eigenvalue weighted by atomic mass is 19.1. The second-order valence-electron chi connectivity index (χ2n) is 3.24. The average molecular weight is 236 g/mol. The quantitative estimate of drug-likeness (QED) is 0.757. The fourth-order valence-electron chi connectivity index (χ4n) is 1.27. The van der Waals surface area contributed by atoms with Gasteiger partial charge in [0, 0.05) is 0 Å². The molecule has 2 aromatic rings. The first-order chi connectivity index (χ1) is 8.20. The number of aromatic nitrogens is 2. The molecular formula is C11H9FN2O3. The summed E-state index contributed by atoms with van der Waals surface area (Å²) in [7, 11) is 1.26. The van der Waals surface area contributed by atoms with Gasteiger partial charge < -0.3 is 9.26 Å². The predicted molar refractivity (Wildman–Crippen MR) is 55.4 cm³/mol. The number of carbonyl (C=O) groups is 1. The van der Waals surface area contributed by atoms with E-state index in [1.807, 2.05) is 0 Å². The average Bonchev–Trinajstić information content (AvgIpc) is 2.78. The van der Waals surface area contributed by atoms with Crippen LogP contribution in [0.25, 0.3) is 11.4 Å². The van der Waals surface area contributed by atoms with Gasteiger partial charge in [-0.1, -0.05) is 17.3 Å². The zero-order valence-electron chi connectivity index (χ0n) is 9.01. The molecule has 1 heterocycles. The molecule has 0 bridgehead atoms. The number of methoxy groups -OCH3 is 1. The van der Waals surface area contributed by atoms with Crippen LogP contribution in [0.4, 0.5) is 4.39 Å². The van der Waals surface area contributed by atoms with Crippen LogP contribution in [-0.4, -0.2) is 23.2 Å². The van der Waals surface area contributed by atoms with Crippen LogP contribution in [0.15, 0.2) is 28.8 Å². The molecule has 0 atom stereocenters. The van der Waals surface area contributed by atoms with Crippen LogP contribution < -0.4 is 0 Å². The zero-order chi connectivity index (χ0) is 12.3. The third kappa shape index (κ3) is 2.47. The number of esters is 1. The topological polar surface area (TPSA) is 65.2 Å². The molecule has 0 fully saturated rings. The van der Waals surface area contributed by atoms with Gasteiger partial charge in [0.15, 0.2) is 0 Å². The van der Waals surface area contributed by atoms with Crippen molar-refractivity contribution in [2.75, 3.05) is 7.11 Å². The number of ether oxygens (including phenoxy) is 1. The van der Waals surface area contributed by atoms with E-state index in [0.717, 1.165) is 0 Å². The van der Waals surface area contributed by atoms with E-state index in [1.165, 1.54) is 19.2 Å². The van der Waals surface area contributed by atoms with Crippen LogP contribution in [0.5, 0.6) is 0 Å². The van der Waals surface area contributed by atoms with Crippen molar-refractivity contribution >= 4 is 5.97 Å². The molecule has 6 heteroatoms. The van der Waals surface area contributed by atoms with E-state index in [1.54, 1.807) is 12.1 Å². The number of benzene rings is 1. The number of hydrogen-bond acceptors (Lipinski definition) is 5. The normalized spacial score (nSPS) is 10.2. The number of nitrogens with zero attached hydrogens (tertiary/aromatic N) is 2. The van der Waals surface area contributed by atoms with E-state index in [9.17, 15) is 9.18 Å². The zero-order valence-corrected chi connectivity index (χ0v) is 9.01. The molecule has 0 amide bonds. The number of rotatable bonds is 3. The molecule has 0 aliphatic rings. The maximum Gasteiger partial charge on any atom is 0.315 e. The molecule has 5 nitrogen and oxygen atoms in total. The molecule has 0 saturated carbocycles. The van der Waals surface area contributed by atoms with E-state index in [-0.39, 0.29) is 23.7 Å². The SMILES string of the molecule is COC(=O)Cc1nc(-c2ccccc2F)no1. The van der Waals surface area contributed by atoms with Crippen molar-refractivity contribution in [1.29, 1.82) is 0 Å². The lowest BCUT2D eigenvalue weighted by Gasteiger charge is -1.94. The second kappa shape index (κ2) is 4.73. The summed E-state index contributed by atoms with van der Waals surface area (Å²) in [6, 6.07) is 6.05. The van der Waals surface area contributed by atoms with Gasteiger partial charge in [0.25, 0.3) is 0 Å². The largest absolute Gasteiger partial charge is 0.469 e. The Morgan fingerprint density at radius 2 is 2.24 bits per heavy atom. The lowest BCUT2D eigenvalue weighted by molar-refractivity contribution is -0.140. The van der Waals surface area contributed by atoms with E-state index in [4.69, 9.17) is 4.52 Å². The predicted octanol–water partition coefficient (Wildman–Crippen LogP) is 1.59. The first-order valence-electron chi connectivity index (χ1n) is 4.85. The maximum absolute atomic E-state index is 13.4. The van der Waals surface area contributed by atoms with Gasteiger partial charge in [-0.05, 0) is 12.1 Å². The summed E-state index contributed by atoms with van der Waals surface area (Å²) in [5.41, 5.74) is 0.229. The van der Waals surface area contributed by atoms with Crippen molar-refractivity contribution in [3.63, 3.8) is 0 Å². The van der Waals surface area contributed by atoms with Gasteiger partial charge in [0.2, 0.25) is 11.7 Å². The lowest BCUT2D eigenvalue weighted by atomic mass is 10.2. The van der Waals surface area contributed by atoms with Gasteiger partial charge in [-0.15, -0.1) is 0 Å². The lowest BCUT2D eigenvalue weighted by Crippen LogP contribution is -2.04. The fourth-order valence-corrected chi connectivity index (χ4v) is 1.27. The van der Waals surface area contributed by atoms with Gasteiger partial charge in [0.1, 0.15) is 12.2 Å². The number of carbonyl (C=O) groups excluding carboxylic acids is 1. The molecule has 0 unspecified atom stereocenters. The summed E-state index contributed by atoms with van der Waals surface area (Å²) >= 11 is 0. The number of hydrogen-bond donors (Lipinski definition) is 0. The Morgan fingerprint density at radius 3 is 2.94 bits per heavy atom. The third-order valence-electron chi connectivity index (χ3n) is 2.11. The molecule has 0 N–H and O–H groups in total. The summed E-state index contributed by atoms with van der Waals surface area (Å²) < 4.78 is 22.7. The van der Waals surface area contributed by atoms with Gasteiger partial charge in [-0.3, -0.25) is 4.79 Å². The van der Waals surface area contributed by atoms with Crippen LogP contribution in [0.3, 0.4) is 0 Å². The van der Waals surface area contributed by atoms with Crippen molar-refractivity contribution in [3.05, 3.63) is 36.0 Å². The molecule has 88 valence electrons. The molecular weight excluding hydrogens is 227 g/mol. The molecule has 1 aromatic heterocycles. The van der Waals surface area contributed by atoms with Crippen LogP contribution in [0, 0.1) is 5.82 Å². The van der Waals surface area contributed by atoms with Crippen molar-refractivity contribution < 1.29 is 18.4 Å². The Bertz CT molecular complexity index is 539. The highest BCUT2D eigenvalue weighted by Crippen LogP contribution is 2.19. The third-order valence-corrected chi connectivity index (χ3v) is 2.11. The Labute approximate surface area is 96.2 Å². The summed E-state index contributed by atoms with van der Waals surface area (Å²) in [6.45, 7) is 0. The van der Waals surface area contributed by atoms with Crippen molar-refractivity contribution in [2.24, 2.45) is 0 Å². The molecule has 0 saturated heterocycles. The Balaban J connectivity index is 2.24. The molecule has 17 heavy (non-hydrogen) atoms. The second-order valence-corrected chi connectivity index (χ2v) is 3.24. The first kappa shape index (κ1) is 11.3. The van der Waals surface area contributed by atoms with E-state index in [2.05, 4.69) is 14.9 Å². The standard InChI is InChI=1S/C11H9FN2O3/c1-16-10(15)6-9-13-11(14-17-9)7-4-2-3-5-8(7)12/h2-5H,6H2,1H3. The van der Waals surface area contributed by atoms with Crippen LogP contribution >= 0.6 is 0 Å². The Kier molecular flexibility index (Phi) is 3.13. The molecule has 1 aromatic carbocycles. The number of halogens is 1. The Hall–Kier alpha value is -2.24. The molecule has 0 radical (unpaired) electrons. The van der Waals surface area contributed by atoms with Crippen molar-refractivity contribution in [1.82, 2.24) is 10.1 Å².